The number of rotatable bonds is 2. The molecule has 1 heterocycles. The lowest BCUT2D eigenvalue weighted by molar-refractivity contribution is 0.146. The highest BCUT2D eigenvalue weighted by molar-refractivity contribution is 5.30. The molecule has 1 aliphatic heterocycles. The van der Waals surface area contributed by atoms with Crippen molar-refractivity contribution in [2.45, 2.75) is 18.9 Å². The molecule has 1 aliphatic rings. The van der Waals surface area contributed by atoms with Gasteiger partial charge in [-0.3, -0.25) is 0 Å². The van der Waals surface area contributed by atoms with Crippen molar-refractivity contribution >= 4 is 0 Å². The van der Waals surface area contributed by atoms with E-state index in [9.17, 15) is 22.0 Å². The van der Waals surface area contributed by atoms with Gasteiger partial charge in [-0.25, -0.2) is 18.5 Å². The Morgan fingerprint density at radius 3 is 1.94 bits per heavy atom. The average Bonchev–Trinajstić information content (AvgIpc) is 2.40. The van der Waals surface area contributed by atoms with E-state index in [1.165, 1.54) is 0 Å². The average molecular weight is 266 g/mol. The van der Waals surface area contributed by atoms with Crippen molar-refractivity contribution in [1.82, 2.24) is 5.32 Å². The standard InChI is InChI=1S/C11H9F5NO/c12-6-7(13)9(15)11(10(16)8(6)14)18-5-2-1-3-17-4-5/h5H,1-4H2. The van der Waals surface area contributed by atoms with Gasteiger partial charge >= 0.3 is 0 Å². The molecule has 1 fully saturated rings. The van der Waals surface area contributed by atoms with Crippen LogP contribution in [0.3, 0.4) is 0 Å². The Morgan fingerprint density at radius 1 is 0.889 bits per heavy atom. The van der Waals surface area contributed by atoms with Gasteiger partial charge < -0.3 is 4.74 Å². The van der Waals surface area contributed by atoms with Crippen LogP contribution in [-0.4, -0.2) is 19.2 Å². The molecule has 1 atom stereocenters. The highest BCUT2D eigenvalue weighted by Crippen LogP contribution is 2.30. The first-order chi connectivity index (χ1) is 8.52. The minimum absolute atomic E-state index is 0.180. The Morgan fingerprint density at radius 2 is 1.44 bits per heavy atom. The smallest absolute Gasteiger partial charge is 0.207 e. The monoisotopic (exact) mass is 266 g/mol. The van der Waals surface area contributed by atoms with Crippen LogP contribution in [0.25, 0.3) is 0 Å². The Labute approximate surface area is 99.7 Å². The van der Waals surface area contributed by atoms with Crippen LogP contribution in [0, 0.1) is 29.1 Å². The molecule has 0 spiro atoms. The fraction of sp³-hybridized carbons (Fsp3) is 0.455. The van der Waals surface area contributed by atoms with E-state index in [0.29, 0.717) is 19.4 Å². The van der Waals surface area contributed by atoms with Crippen LogP contribution in [0.15, 0.2) is 0 Å². The zero-order valence-electron chi connectivity index (χ0n) is 9.15. The summed E-state index contributed by atoms with van der Waals surface area (Å²) in [7, 11) is 0. The fourth-order valence-electron chi connectivity index (χ4n) is 1.71. The van der Waals surface area contributed by atoms with Gasteiger partial charge in [-0.2, -0.15) is 8.78 Å². The van der Waals surface area contributed by atoms with Crippen LogP contribution < -0.4 is 10.1 Å². The molecule has 2 rings (SSSR count). The van der Waals surface area contributed by atoms with Crippen LogP contribution in [-0.2, 0) is 0 Å². The van der Waals surface area contributed by atoms with E-state index < -0.39 is 40.9 Å². The Kier molecular flexibility index (Phi) is 3.70. The van der Waals surface area contributed by atoms with Crippen molar-refractivity contribution in [2.24, 2.45) is 0 Å². The number of nitrogens with zero attached hydrogens (tertiary/aromatic N) is 1. The summed E-state index contributed by atoms with van der Waals surface area (Å²) in [4.78, 5) is 0. The molecule has 1 aromatic rings. The first kappa shape index (κ1) is 13.1. The van der Waals surface area contributed by atoms with Crippen LogP contribution >= 0.6 is 0 Å². The molecule has 0 saturated carbocycles. The Hall–Kier alpha value is -1.37. The van der Waals surface area contributed by atoms with E-state index in [2.05, 4.69) is 5.32 Å². The first-order valence-electron chi connectivity index (χ1n) is 5.33. The molecule has 1 saturated heterocycles. The summed E-state index contributed by atoms with van der Waals surface area (Å²) in [5, 5.41) is 3.94. The molecule has 0 aliphatic carbocycles. The lowest BCUT2D eigenvalue weighted by atomic mass is 10.1. The summed E-state index contributed by atoms with van der Waals surface area (Å²) in [6.07, 6.45) is 0.454. The van der Waals surface area contributed by atoms with E-state index in [0.717, 1.165) is 0 Å². The number of benzene rings is 1. The van der Waals surface area contributed by atoms with Gasteiger partial charge in [0.2, 0.25) is 29.1 Å². The molecule has 0 amide bonds. The Bertz CT molecular complexity index is 430. The second-order valence-electron chi connectivity index (χ2n) is 3.91. The zero-order chi connectivity index (χ0) is 13.3. The second-order valence-corrected chi connectivity index (χ2v) is 3.91. The molecule has 0 bridgehead atoms. The molecule has 99 valence electrons. The number of hydrogen-bond acceptors (Lipinski definition) is 1. The van der Waals surface area contributed by atoms with Crippen LogP contribution in [0.2, 0.25) is 0 Å². The van der Waals surface area contributed by atoms with Crippen molar-refractivity contribution in [3.05, 3.63) is 29.1 Å². The molecule has 1 aromatic carbocycles. The third kappa shape index (κ3) is 2.27. The van der Waals surface area contributed by atoms with Crippen LogP contribution in [0.1, 0.15) is 12.8 Å². The Balaban J connectivity index is 2.32. The third-order valence-corrected chi connectivity index (χ3v) is 2.63. The van der Waals surface area contributed by atoms with Gasteiger partial charge in [0.05, 0.1) is 6.54 Å². The van der Waals surface area contributed by atoms with Gasteiger partial charge in [-0.1, -0.05) is 0 Å². The second kappa shape index (κ2) is 5.09. The van der Waals surface area contributed by atoms with Crippen molar-refractivity contribution in [2.75, 3.05) is 13.1 Å². The highest BCUT2D eigenvalue weighted by Gasteiger charge is 2.29. The van der Waals surface area contributed by atoms with Crippen molar-refractivity contribution < 1.29 is 26.7 Å². The number of halogens is 5. The highest BCUT2D eigenvalue weighted by atomic mass is 19.2. The number of hydrogen-bond donors (Lipinski definition) is 0. The van der Waals surface area contributed by atoms with Gasteiger partial charge in [0.1, 0.15) is 6.10 Å². The predicted molar refractivity (Wildman–Crippen MR) is 51.8 cm³/mol. The maximum atomic E-state index is 13.3. The van der Waals surface area contributed by atoms with Crippen LogP contribution in [0.5, 0.6) is 5.75 Å². The topological polar surface area (TPSA) is 23.3 Å². The minimum Gasteiger partial charge on any atom is -0.483 e. The molecular weight excluding hydrogens is 257 g/mol. The van der Waals surface area contributed by atoms with E-state index in [1.54, 1.807) is 0 Å². The summed E-state index contributed by atoms with van der Waals surface area (Å²) in [6.45, 7) is 0.788. The van der Waals surface area contributed by atoms with Gasteiger partial charge in [0, 0.05) is 6.54 Å². The lowest BCUT2D eigenvalue weighted by Gasteiger charge is -2.23. The summed E-state index contributed by atoms with van der Waals surface area (Å²) in [6, 6.07) is 0. The summed E-state index contributed by atoms with van der Waals surface area (Å²) >= 11 is 0. The number of ether oxygens (including phenoxy) is 1. The number of piperidine rings is 1. The van der Waals surface area contributed by atoms with Crippen molar-refractivity contribution in [3.63, 3.8) is 0 Å². The van der Waals surface area contributed by atoms with Crippen molar-refractivity contribution in [3.8, 4) is 5.75 Å². The maximum absolute atomic E-state index is 13.3. The van der Waals surface area contributed by atoms with E-state index in [4.69, 9.17) is 4.74 Å². The minimum atomic E-state index is -2.19. The lowest BCUT2D eigenvalue weighted by Crippen LogP contribution is -2.33. The summed E-state index contributed by atoms with van der Waals surface area (Å²) in [5.41, 5.74) is 0. The zero-order valence-corrected chi connectivity index (χ0v) is 9.15. The third-order valence-electron chi connectivity index (χ3n) is 2.63. The maximum Gasteiger partial charge on any atom is 0.207 e. The molecule has 2 nitrogen and oxygen atoms in total. The molecular formula is C11H9F5NO. The normalized spacial score (nSPS) is 19.9. The van der Waals surface area contributed by atoms with Crippen LogP contribution in [0.4, 0.5) is 22.0 Å². The van der Waals surface area contributed by atoms with Gasteiger partial charge in [0.15, 0.2) is 5.75 Å². The first-order valence-corrected chi connectivity index (χ1v) is 5.33. The van der Waals surface area contributed by atoms with Gasteiger partial charge in [0.25, 0.3) is 0 Å². The van der Waals surface area contributed by atoms with E-state index >= 15 is 0 Å². The van der Waals surface area contributed by atoms with Gasteiger partial charge in [-0.15, -0.1) is 0 Å². The molecule has 0 aromatic heterocycles. The molecule has 1 unspecified atom stereocenters. The summed E-state index contributed by atoms with van der Waals surface area (Å²) in [5.74, 6) is -11.3. The summed E-state index contributed by atoms with van der Waals surface area (Å²) < 4.78 is 70.0. The predicted octanol–water partition coefficient (Wildman–Crippen LogP) is 2.53. The fourth-order valence-corrected chi connectivity index (χ4v) is 1.71. The molecule has 0 N–H and O–H groups in total. The molecule has 1 radical (unpaired) electrons. The van der Waals surface area contributed by atoms with Crippen molar-refractivity contribution in [1.29, 1.82) is 0 Å². The molecule has 18 heavy (non-hydrogen) atoms. The largest absolute Gasteiger partial charge is 0.483 e. The quantitative estimate of drug-likeness (QED) is 0.458. The van der Waals surface area contributed by atoms with E-state index in [1.807, 2.05) is 0 Å². The van der Waals surface area contributed by atoms with Gasteiger partial charge in [-0.05, 0) is 12.8 Å². The van der Waals surface area contributed by atoms with E-state index in [-0.39, 0.29) is 6.54 Å². The molecule has 7 heteroatoms. The SMILES string of the molecule is Fc1c(F)c(F)c(OC2CCC[N]C2)c(F)c1F.